The van der Waals surface area contributed by atoms with Gasteiger partial charge in [0, 0.05) is 28.8 Å². The molecule has 1 fully saturated rings. The average Bonchev–Trinajstić information content (AvgIpc) is 3.08. The molecule has 2 aromatic rings. The van der Waals surface area contributed by atoms with Gasteiger partial charge in [-0.05, 0) is 49.2 Å². The van der Waals surface area contributed by atoms with Crippen LogP contribution in [0, 0.1) is 5.82 Å². The Morgan fingerprint density at radius 3 is 2.54 bits per heavy atom. The molecule has 0 saturated carbocycles. The molecule has 2 aromatic carbocycles. The number of carbonyl (C=O) groups excluding carboxylic acids is 2. The summed E-state index contributed by atoms with van der Waals surface area (Å²) >= 11 is 3.16. The summed E-state index contributed by atoms with van der Waals surface area (Å²) < 4.78 is 14.4. The number of anilines is 1. The van der Waals surface area contributed by atoms with E-state index >= 15 is 0 Å². The Labute approximate surface area is 147 Å². The van der Waals surface area contributed by atoms with E-state index in [0.717, 1.165) is 25.9 Å². The summed E-state index contributed by atoms with van der Waals surface area (Å²) in [6.07, 6.45) is 2.04. The number of nitrogens with one attached hydrogen (secondary N) is 1. The monoisotopic (exact) mass is 390 g/mol. The van der Waals surface area contributed by atoms with Crippen molar-refractivity contribution in [2.75, 3.05) is 18.4 Å². The van der Waals surface area contributed by atoms with Crippen LogP contribution in [0.25, 0.3) is 0 Å². The van der Waals surface area contributed by atoms with E-state index in [1.54, 1.807) is 35.2 Å². The fourth-order valence-electron chi connectivity index (χ4n) is 2.70. The highest BCUT2D eigenvalue weighted by Gasteiger charge is 2.20. The zero-order valence-electron chi connectivity index (χ0n) is 12.9. The Morgan fingerprint density at radius 1 is 1.08 bits per heavy atom. The van der Waals surface area contributed by atoms with E-state index in [9.17, 15) is 14.0 Å². The van der Waals surface area contributed by atoms with Crippen LogP contribution in [0.15, 0.2) is 46.9 Å². The van der Waals surface area contributed by atoms with Gasteiger partial charge < -0.3 is 10.2 Å². The normalized spacial score (nSPS) is 13.8. The molecule has 1 N–H and O–H groups in total. The van der Waals surface area contributed by atoms with Gasteiger partial charge in [0.15, 0.2) is 0 Å². The maximum absolute atomic E-state index is 13.9. The van der Waals surface area contributed by atoms with Gasteiger partial charge in [0.05, 0.1) is 5.56 Å². The largest absolute Gasteiger partial charge is 0.339 e. The molecule has 0 aromatic heterocycles. The summed E-state index contributed by atoms with van der Waals surface area (Å²) in [6.45, 7) is 1.53. The SMILES string of the molecule is O=C(Nc1cccc(C(=O)N2CCCC2)c1)c1ccc(Br)cc1F. The van der Waals surface area contributed by atoms with Crippen LogP contribution in [0.4, 0.5) is 10.1 Å². The number of hydrogen-bond acceptors (Lipinski definition) is 2. The molecule has 0 aliphatic carbocycles. The Hall–Kier alpha value is -2.21. The van der Waals surface area contributed by atoms with Crippen LogP contribution in [0.1, 0.15) is 33.6 Å². The minimum atomic E-state index is -0.605. The molecule has 0 atom stereocenters. The third kappa shape index (κ3) is 3.64. The van der Waals surface area contributed by atoms with Gasteiger partial charge in [-0.3, -0.25) is 9.59 Å². The van der Waals surface area contributed by atoms with Gasteiger partial charge in [0.2, 0.25) is 0 Å². The first-order valence-corrected chi connectivity index (χ1v) is 8.49. The second-order valence-electron chi connectivity index (χ2n) is 5.66. The number of hydrogen-bond donors (Lipinski definition) is 1. The van der Waals surface area contributed by atoms with Gasteiger partial charge in [-0.1, -0.05) is 22.0 Å². The summed E-state index contributed by atoms with van der Waals surface area (Å²) in [5.74, 6) is -1.20. The van der Waals surface area contributed by atoms with E-state index in [1.807, 2.05) is 0 Å². The van der Waals surface area contributed by atoms with E-state index in [1.165, 1.54) is 12.1 Å². The van der Waals surface area contributed by atoms with Crippen molar-refractivity contribution in [2.45, 2.75) is 12.8 Å². The maximum atomic E-state index is 13.9. The molecule has 1 heterocycles. The lowest BCUT2D eigenvalue weighted by atomic mass is 10.1. The summed E-state index contributed by atoms with van der Waals surface area (Å²) in [7, 11) is 0. The molecule has 2 amide bonds. The smallest absolute Gasteiger partial charge is 0.258 e. The number of carbonyl (C=O) groups is 2. The molecule has 0 unspecified atom stereocenters. The molecule has 24 heavy (non-hydrogen) atoms. The Kier molecular flexibility index (Phi) is 4.94. The van der Waals surface area contributed by atoms with E-state index in [0.29, 0.717) is 15.7 Å². The van der Waals surface area contributed by atoms with Crippen LogP contribution < -0.4 is 5.32 Å². The highest BCUT2D eigenvalue weighted by atomic mass is 79.9. The van der Waals surface area contributed by atoms with Crippen molar-refractivity contribution in [2.24, 2.45) is 0 Å². The first-order chi connectivity index (χ1) is 11.5. The third-order valence-corrected chi connectivity index (χ3v) is 4.43. The van der Waals surface area contributed by atoms with Crippen LogP contribution in [-0.4, -0.2) is 29.8 Å². The molecule has 6 heteroatoms. The summed E-state index contributed by atoms with van der Waals surface area (Å²) in [5, 5.41) is 2.64. The maximum Gasteiger partial charge on any atom is 0.258 e. The number of rotatable bonds is 3. The van der Waals surface area contributed by atoms with E-state index in [2.05, 4.69) is 21.2 Å². The molecule has 3 rings (SSSR count). The van der Waals surface area contributed by atoms with E-state index in [-0.39, 0.29) is 11.5 Å². The van der Waals surface area contributed by atoms with Gasteiger partial charge >= 0.3 is 0 Å². The van der Waals surface area contributed by atoms with Crippen molar-refractivity contribution in [3.63, 3.8) is 0 Å². The average molecular weight is 391 g/mol. The topological polar surface area (TPSA) is 49.4 Å². The first-order valence-electron chi connectivity index (χ1n) is 7.70. The molecule has 1 aliphatic heterocycles. The zero-order valence-corrected chi connectivity index (χ0v) is 14.5. The van der Waals surface area contributed by atoms with E-state index in [4.69, 9.17) is 0 Å². The first kappa shape index (κ1) is 16.6. The molecule has 124 valence electrons. The van der Waals surface area contributed by atoms with Gasteiger partial charge in [0.25, 0.3) is 11.8 Å². The van der Waals surface area contributed by atoms with Crippen LogP contribution >= 0.6 is 15.9 Å². The minimum absolute atomic E-state index is 0.0431. The van der Waals surface area contributed by atoms with E-state index < -0.39 is 11.7 Å². The van der Waals surface area contributed by atoms with Crippen LogP contribution in [0.3, 0.4) is 0 Å². The molecular formula is C18H16BrFN2O2. The molecule has 4 nitrogen and oxygen atoms in total. The van der Waals surface area contributed by atoms with Gasteiger partial charge in [-0.2, -0.15) is 0 Å². The van der Waals surface area contributed by atoms with Gasteiger partial charge in [-0.15, -0.1) is 0 Å². The van der Waals surface area contributed by atoms with Crippen LogP contribution in [0.2, 0.25) is 0 Å². The highest BCUT2D eigenvalue weighted by molar-refractivity contribution is 9.10. The van der Waals surface area contributed by atoms with Crippen LogP contribution in [0.5, 0.6) is 0 Å². The standard InChI is InChI=1S/C18H16BrFN2O2/c19-13-6-7-15(16(20)11-13)17(23)21-14-5-3-4-12(10-14)18(24)22-8-1-2-9-22/h3-7,10-11H,1-2,8-9H2,(H,21,23). The summed E-state index contributed by atoms with van der Waals surface area (Å²) in [4.78, 5) is 26.4. The van der Waals surface area contributed by atoms with Crippen molar-refractivity contribution in [1.29, 1.82) is 0 Å². The van der Waals surface area contributed by atoms with Gasteiger partial charge in [-0.25, -0.2) is 4.39 Å². The van der Waals surface area contributed by atoms with Crippen LogP contribution in [-0.2, 0) is 0 Å². The lowest BCUT2D eigenvalue weighted by molar-refractivity contribution is 0.0792. The van der Waals surface area contributed by atoms with Crippen molar-refractivity contribution in [1.82, 2.24) is 4.90 Å². The predicted molar refractivity (Wildman–Crippen MR) is 93.6 cm³/mol. The number of nitrogens with zero attached hydrogens (tertiary/aromatic N) is 1. The molecular weight excluding hydrogens is 375 g/mol. The number of halogens is 2. The van der Waals surface area contributed by atoms with Crippen molar-refractivity contribution in [3.8, 4) is 0 Å². The second kappa shape index (κ2) is 7.13. The number of likely N-dealkylation sites (tertiary alicyclic amines) is 1. The predicted octanol–water partition coefficient (Wildman–Crippen LogP) is 4.08. The molecule has 0 spiro atoms. The van der Waals surface area contributed by atoms with Crippen molar-refractivity contribution >= 4 is 33.4 Å². The highest BCUT2D eigenvalue weighted by Crippen LogP contribution is 2.19. The Bertz CT molecular complexity index is 788. The fraction of sp³-hybridized carbons (Fsp3) is 0.222. The summed E-state index contributed by atoms with van der Waals surface area (Å²) in [6, 6.07) is 11.0. The Morgan fingerprint density at radius 2 is 1.83 bits per heavy atom. The molecule has 0 radical (unpaired) electrons. The molecule has 1 aliphatic rings. The lowest BCUT2D eigenvalue weighted by Gasteiger charge is -2.15. The minimum Gasteiger partial charge on any atom is -0.339 e. The lowest BCUT2D eigenvalue weighted by Crippen LogP contribution is -2.27. The van der Waals surface area contributed by atoms with Gasteiger partial charge in [0.1, 0.15) is 5.82 Å². The van der Waals surface area contributed by atoms with Crippen molar-refractivity contribution < 1.29 is 14.0 Å². The second-order valence-corrected chi connectivity index (χ2v) is 6.57. The third-order valence-electron chi connectivity index (χ3n) is 3.94. The molecule has 1 saturated heterocycles. The number of amides is 2. The summed E-state index contributed by atoms with van der Waals surface area (Å²) in [5.41, 5.74) is 0.938. The number of benzene rings is 2. The quantitative estimate of drug-likeness (QED) is 0.858. The molecule has 0 bridgehead atoms. The zero-order chi connectivity index (χ0) is 17.1. The van der Waals surface area contributed by atoms with Crippen molar-refractivity contribution in [3.05, 3.63) is 63.9 Å². The fourth-order valence-corrected chi connectivity index (χ4v) is 3.04. The Balaban J connectivity index is 1.76.